The van der Waals surface area contributed by atoms with E-state index in [1.165, 1.54) is 34.8 Å². The van der Waals surface area contributed by atoms with Crippen molar-refractivity contribution in [1.82, 2.24) is 18.5 Å². The molecule has 6 aliphatic rings. The second kappa shape index (κ2) is 24.8. The average molecular weight is 1150 g/mol. The van der Waals surface area contributed by atoms with Gasteiger partial charge in [0.05, 0.1) is 98.5 Å². The Morgan fingerprint density at radius 1 is 0.533 bits per heavy atom. The molecule has 0 saturated carbocycles. The first-order valence-corrected chi connectivity index (χ1v) is 29.8. The molecule has 75 heavy (non-hydrogen) atoms. The van der Waals surface area contributed by atoms with Crippen LogP contribution >= 0.6 is 10.7 Å². The van der Waals surface area contributed by atoms with Gasteiger partial charge in [0, 0.05) is 22.1 Å². The van der Waals surface area contributed by atoms with E-state index >= 15 is 0 Å². The van der Waals surface area contributed by atoms with Gasteiger partial charge in [0.2, 0.25) is 41.6 Å². The normalized spacial score (nSPS) is 19.0. The second-order valence-corrected chi connectivity index (χ2v) is 25.9. The van der Waals surface area contributed by atoms with Gasteiger partial charge >= 0.3 is 14.1 Å². The molecule has 0 unspecified atom stereocenters. The van der Waals surface area contributed by atoms with Crippen molar-refractivity contribution >= 4 is 75.3 Å². The molecular formula is C44H59B2ClF2N6O16S4. The largest absolute Gasteiger partial charge is 0.437 e. The number of ether oxygens (including phenoxy) is 6. The Hall–Kier alpha value is -3.92. The van der Waals surface area contributed by atoms with Crippen molar-refractivity contribution < 1.29 is 80.9 Å². The number of halogens is 3. The summed E-state index contributed by atoms with van der Waals surface area (Å²) in [4.78, 5) is 4.44. The molecule has 0 bridgehead atoms. The lowest BCUT2D eigenvalue weighted by Gasteiger charge is -2.47. The number of nitrogens with zero attached hydrogens (tertiary/aromatic N) is 4. The fourth-order valence-electron chi connectivity index (χ4n) is 7.55. The number of hydrogen-bond acceptors (Lipinski definition) is 19. The lowest BCUT2D eigenvalue weighted by atomic mass is 9.90. The molecule has 0 amide bonds. The minimum atomic E-state index is -3.74. The molecule has 412 valence electrons. The highest BCUT2D eigenvalue weighted by Gasteiger charge is 2.49. The predicted octanol–water partition coefficient (Wildman–Crippen LogP) is 1.78. The molecule has 6 fully saturated rings. The zero-order chi connectivity index (χ0) is 55.0. The summed E-state index contributed by atoms with van der Waals surface area (Å²) >= 11 is 0. The van der Waals surface area contributed by atoms with Crippen LogP contribution in [0.1, 0.15) is 0 Å². The van der Waals surface area contributed by atoms with Crippen LogP contribution in [0.25, 0.3) is 0 Å². The molecule has 3 spiro atoms. The molecule has 4 aromatic carbocycles. The van der Waals surface area contributed by atoms with Crippen molar-refractivity contribution in [3.8, 4) is 0 Å². The van der Waals surface area contributed by atoms with E-state index in [9.17, 15) is 47.5 Å². The van der Waals surface area contributed by atoms with E-state index in [0.29, 0.717) is 52.6 Å². The van der Waals surface area contributed by atoms with E-state index in [4.69, 9.17) is 44.1 Å². The van der Waals surface area contributed by atoms with Gasteiger partial charge in [-0.15, -0.1) is 0 Å². The molecule has 0 aliphatic carbocycles. The predicted molar refractivity (Wildman–Crippen MR) is 274 cm³/mol. The van der Waals surface area contributed by atoms with Crippen molar-refractivity contribution in [3.63, 3.8) is 0 Å². The lowest BCUT2D eigenvalue weighted by molar-refractivity contribution is -0.186. The van der Waals surface area contributed by atoms with Gasteiger partial charge in [-0.05, 0) is 132 Å². The van der Waals surface area contributed by atoms with Crippen molar-refractivity contribution in [1.29, 1.82) is 0 Å². The number of hydrogen-bond donors (Lipinski definition) is 4. The number of sulfonamides is 3. The third kappa shape index (κ3) is 15.2. The Morgan fingerprint density at radius 3 is 1.09 bits per heavy atom. The third-order valence-corrected chi connectivity index (χ3v) is 18.9. The number of rotatable bonds is 11. The smallest absolute Gasteiger partial charge is 0.390 e. The SMILES string of the molecule is C1COC2(CNC2)O1.CB(O)N(C)S(=O)(=O)c1ccc(F)cc1.CB(O)N(C)S(=O)(=O)c1ccc(N2CC3(C2)OCCO3)cc1.CNS(=O)(=O)c1ccc(N2CC3(C2)OCCO3)cc1.O=S(=O)(Cl)c1ccc(F)cc1. The van der Waals surface area contributed by atoms with Crippen LogP contribution in [0.3, 0.4) is 0 Å². The Morgan fingerprint density at radius 2 is 0.827 bits per heavy atom. The summed E-state index contributed by atoms with van der Waals surface area (Å²) in [6.07, 6.45) is 0. The first kappa shape index (κ1) is 60.3. The van der Waals surface area contributed by atoms with Gasteiger partial charge in [-0.25, -0.2) is 55.6 Å². The van der Waals surface area contributed by atoms with Crippen molar-refractivity contribution in [3.05, 3.63) is 109 Å². The minimum absolute atomic E-state index is 0.0488. The number of nitrogens with one attached hydrogen (secondary N) is 2. The standard InChI is InChI=1S/C13H19BN2O5S.C12H16N2O4S.C8H11BFNO3S.C6H4ClFO2S.C5H9NO2/c1-14(17)15(2)22(18,19)12-5-3-11(4-6-12)16-9-13(10-16)20-7-8-21-13;1-13-19(15,16)11-4-2-10(3-5-11)14-8-12(9-14)17-6-7-18-12;1-9(12)11(2)15(13,14)8-5-3-7(10)4-6-8;7-11(9,10)6-3-1-5(8)2-4-6;1-2-8-5(7-1)3-6-4-5/h3-6,17H,7-10H2,1-2H3;2-5,13H,6-9H2,1H3;3-6,12H,1-2H3;1-4H;6H,1-4H2. The van der Waals surface area contributed by atoms with Crippen LogP contribution in [0, 0.1) is 11.6 Å². The van der Waals surface area contributed by atoms with E-state index < -0.39 is 76.4 Å². The molecule has 31 heteroatoms. The van der Waals surface area contributed by atoms with E-state index in [-0.39, 0.29) is 25.4 Å². The van der Waals surface area contributed by atoms with Gasteiger partial charge in [0.1, 0.15) is 11.6 Å². The highest BCUT2D eigenvalue weighted by atomic mass is 35.7. The molecular weight excluding hydrogens is 1090 g/mol. The van der Waals surface area contributed by atoms with E-state index in [0.717, 1.165) is 94.6 Å². The van der Waals surface area contributed by atoms with Gasteiger partial charge in [-0.2, -0.15) is 0 Å². The summed E-state index contributed by atoms with van der Waals surface area (Å²) in [5.74, 6) is -2.10. The Bertz CT molecular complexity index is 2960. The zero-order valence-electron chi connectivity index (χ0n) is 41.5. The maximum Gasteiger partial charge on any atom is 0.390 e. The first-order valence-electron chi connectivity index (χ1n) is 23.1. The molecule has 22 nitrogen and oxygen atoms in total. The first-order chi connectivity index (χ1) is 35.2. The molecule has 4 aromatic rings. The van der Waals surface area contributed by atoms with Crippen LogP contribution in [0.2, 0.25) is 13.6 Å². The minimum Gasteiger partial charge on any atom is -0.437 e. The Kier molecular flexibility index (Phi) is 20.0. The van der Waals surface area contributed by atoms with Crippen LogP contribution in [0.15, 0.2) is 117 Å². The zero-order valence-corrected chi connectivity index (χ0v) is 45.6. The lowest BCUT2D eigenvalue weighted by Crippen LogP contribution is -2.62. The van der Waals surface area contributed by atoms with Gasteiger partial charge in [0.25, 0.3) is 9.05 Å². The van der Waals surface area contributed by atoms with E-state index in [2.05, 4.69) is 19.8 Å². The monoisotopic (exact) mass is 1150 g/mol. The summed E-state index contributed by atoms with van der Waals surface area (Å²) in [5.41, 5.74) is 1.89. The summed E-state index contributed by atoms with van der Waals surface area (Å²) in [5, 5.41) is 21.7. The topological polar surface area (TPSA) is 269 Å². The number of anilines is 2. The van der Waals surface area contributed by atoms with Crippen LogP contribution in [-0.4, -0.2) is 184 Å². The quantitative estimate of drug-likeness (QED) is 0.123. The van der Waals surface area contributed by atoms with E-state index in [1.807, 2.05) is 0 Å². The fourth-order valence-corrected chi connectivity index (χ4v) is 11.5. The second-order valence-electron chi connectivity index (χ2n) is 17.5. The molecule has 6 heterocycles. The van der Waals surface area contributed by atoms with Gasteiger partial charge in [-0.3, -0.25) is 0 Å². The Balaban J connectivity index is 0.000000158. The van der Waals surface area contributed by atoms with Crippen molar-refractivity contribution in [2.45, 2.75) is 50.6 Å². The molecule has 0 atom stereocenters. The van der Waals surface area contributed by atoms with Crippen LogP contribution in [0.4, 0.5) is 20.2 Å². The van der Waals surface area contributed by atoms with Crippen LogP contribution < -0.4 is 19.8 Å². The summed E-state index contributed by atoms with van der Waals surface area (Å²) in [7, 11) is -7.73. The molecule has 4 N–H and O–H groups in total. The van der Waals surface area contributed by atoms with E-state index in [1.54, 1.807) is 48.5 Å². The highest BCUT2D eigenvalue weighted by Crippen LogP contribution is 2.36. The fraction of sp³-hybridized carbons (Fsp3) is 0.455. The third-order valence-electron chi connectivity index (χ3n) is 12.3. The van der Waals surface area contributed by atoms with Crippen LogP contribution in [0.5, 0.6) is 0 Å². The molecule has 0 aromatic heterocycles. The Labute approximate surface area is 441 Å². The maximum atomic E-state index is 12.6. The van der Waals surface area contributed by atoms with Gasteiger partial charge < -0.3 is 53.6 Å². The van der Waals surface area contributed by atoms with Gasteiger partial charge in [-0.1, -0.05) is 0 Å². The van der Waals surface area contributed by atoms with Crippen molar-refractivity contribution in [2.75, 3.05) is 110 Å². The molecule has 6 aliphatic heterocycles. The highest BCUT2D eigenvalue weighted by molar-refractivity contribution is 8.13. The molecule has 0 radical (unpaired) electrons. The van der Waals surface area contributed by atoms with Crippen LogP contribution in [-0.2, 0) is 67.5 Å². The maximum absolute atomic E-state index is 12.6. The summed E-state index contributed by atoms with van der Waals surface area (Å²) in [6.45, 7) is 11.2. The molecule has 6 saturated heterocycles. The average Bonchev–Trinajstić information content (AvgIpc) is 4.17. The molecule has 10 rings (SSSR count). The summed E-state index contributed by atoms with van der Waals surface area (Å²) in [6, 6.07) is 22.1. The van der Waals surface area contributed by atoms with Crippen molar-refractivity contribution in [2.24, 2.45) is 0 Å². The summed E-state index contributed by atoms with van der Waals surface area (Å²) < 4.78 is 154. The number of benzene rings is 4. The van der Waals surface area contributed by atoms with Gasteiger partial charge in [0.15, 0.2) is 5.79 Å².